The highest BCUT2D eigenvalue weighted by Gasteiger charge is 2.34. The van der Waals surface area contributed by atoms with Gasteiger partial charge in [-0.15, -0.1) is 0 Å². The normalized spacial score (nSPS) is 25.0. The second kappa shape index (κ2) is 7.32. The van der Waals surface area contributed by atoms with Gasteiger partial charge in [0.25, 0.3) is 5.91 Å². The number of likely N-dealkylation sites (N-methyl/N-ethyl adjacent to an activating group) is 1. The first-order valence-electron chi connectivity index (χ1n) is 8.39. The van der Waals surface area contributed by atoms with Crippen molar-refractivity contribution in [2.24, 2.45) is 12.1 Å². The van der Waals surface area contributed by atoms with Gasteiger partial charge in [0.05, 0.1) is 24.4 Å². The zero-order valence-electron chi connectivity index (χ0n) is 14.8. The Hall–Kier alpha value is -2.26. The first kappa shape index (κ1) is 17.6. The maximum Gasteiger partial charge on any atom is 0.267 e. The van der Waals surface area contributed by atoms with Crippen LogP contribution in [0.4, 0.5) is 0 Å². The van der Waals surface area contributed by atoms with Crippen molar-refractivity contribution in [3.63, 3.8) is 0 Å². The minimum absolute atomic E-state index is 0.0131. The lowest BCUT2D eigenvalue weighted by Gasteiger charge is -2.39. The highest BCUT2D eigenvalue weighted by atomic mass is 16.5. The van der Waals surface area contributed by atoms with E-state index in [-0.39, 0.29) is 24.0 Å². The van der Waals surface area contributed by atoms with Gasteiger partial charge >= 0.3 is 0 Å². The summed E-state index contributed by atoms with van der Waals surface area (Å²) in [5.74, 6) is -0.329. The van der Waals surface area contributed by atoms with E-state index >= 15 is 0 Å². The number of amides is 2. The van der Waals surface area contributed by atoms with Crippen molar-refractivity contribution in [2.75, 3.05) is 33.8 Å². The molecule has 2 atom stereocenters. The number of hydrogen-bond acceptors (Lipinski definition) is 6. The fraction of sp³-hybridized carbons (Fsp3) is 0.625. The molecule has 0 radical (unpaired) electrons. The van der Waals surface area contributed by atoms with Crippen LogP contribution in [0.2, 0.25) is 0 Å². The number of morpholine rings is 1. The third-order valence-corrected chi connectivity index (χ3v) is 4.70. The van der Waals surface area contributed by atoms with E-state index < -0.39 is 0 Å². The van der Waals surface area contributed by atoms with Gasteiger partial charge < -0.3 is 10.1 Å². The molecule has 9 heteroatoms. The molecule has 0 aromatic carbocycles. The molecule has 2 aliphatic rings. The van der Waals surface area contributed by atoms with E-state index in [1.165, 1.54) is 5.01 Å². The first-order valence-corrected chi connectivity index (χ1v) is 8.39. The van der Waals surface area contributed by atoms with Crippen LogP contribution >= 0.6 is 0 Å². The minimum Gasteiger partial charge on any atom is -0.373 e. The SMILES string of the molecule is CN1N=C(C(=O)NC[C@@H]2OCCN(C)[C@H]2c2ccnn2C)CCC1=O. The van der Waals surface area contributed by atoms with E-state index in [0.29, 0.717) is 31.7 Å². The molecule has 2 aliphatic heterocycles. The molecule has 1 fully saturated rings. The van der Waals surface area contributed by atoms with Crippen LogP contribution in [0.15, 0.2) is 17.4 Å². The Morgan fingerprint density at radius 1 is 1.36 bits per heavy atom. The summed E-state index contributed by atoms with van der Waals surface area (Å²) in [5, 5.41) is 12.4. The predicted molar refractivity (Wildman–Crippen MR) is 90.8 cm³/mol. The first-order chi connectivity index (χ1) is 12.0. The van der Waals surface area contributed by atoms with Gasteiger partial charge in [-0.25, -0.2) is 5.01 Å². The lowest BCUT2D eigenvalue weighted by molar-refractivity contribution is -0.130. The fourth-order valence-electron chi connectivity index (χ4n) is 3.25. The maximum absolute atomic E-state index is 12.4. The number of aromatic nitrogens is 2. The van der Waals surface area contributed by atoms with Crippen LogP contribution < -0.4 is 5.32 Å². The average molecular weight is 348 g/mol. The Bertz CT molecular complexity index is 685. The molecule has 1 saturated heterocycles. The van der Waals surface area contributed by atoms with Crippen LogP contribution in [0.3, 0.4) is 0 Å². The second-order valence-electron chi connectivity index (χ2n) is 6.39. The summed E-state index contributed by atoms with van der Waals surface area (Å²) in [7, 11) is 5.50. The summed E-state index contributed by atoms with van der Waals surface area (Å²) in [6.45, 7) is 1.80. The van der Waals surface area contributed by atoms with Crippen LogP contribution in [-0.2, 0) is 21.4 Å². The van der Waals surface area contributed by atoms with Gasteiger partial charge in [-0.1, -0.05) is 0 Å². The Labute approximate surface area is 146 Å². The molecule has 0 spiro atoms. The van der Waals surface area contributed by atoms with E-state index in [4.69, 9.17) is 4.74 Å². The zero-order chi connectivity index (χ0) is 18.0. The summed E-state index contributed by atoms with van der Waals surface area (Å²) in [5.41, 5.74) is 1.42. The molecule has 0 unspecified atom stereocenters. The van der Waals surface area contributed by atoms with E-state index in [1.54, 1.807) is 13.2 Å². The van der Waals surface area contributed by atoms with Gasteiger partial charge in [-0.2, -0.15) is 10.2 Å². The number of rotatable bonds is 4. The molecular formula is C16H24N6O3. The van der Waals surface area contributed by atoms with Crippen LogP contribution in [0.25, 0.3) is 0 Å². The standard InChI is InChI=1S/C16H24N6O3/c1-20-8-9-25-13(15(20)12-6-7-18-21(12)2)10-17-16(24)11-4-5-14(23)22(3)19-11/h6-7,13,15H,4-5,8-10H2,1-3H3,(H,17,24)/t13-,15-/m0/s1. The number of ether oxygens (including phenoxy) is 1. The van der Waals surface area contributed by atoms with Gasteiger partial charge in [0, 0.05) is 46.2 Å². The third kappa shape index (κ3) is 3.72. The zero-order valence-corrected chi connectivity index (χ0v) is 14.8. The molecule has 2 amide bonds. The lowest BCUT2D eigenvalue weighted by atomic mass is 10.0. The van der Waals surface area contributed by atoms with E-state index in [1.807, 2.05) is 24.8 Å². The number of aryl methyl sites for hydroxylation is 1. The number of nitrogens with zero attached hydrogens (tertiary/aromatic N) is 5. The van der Waals surface area contributed by atoms with Crippen molar-refractivity contribution < 1.29 is 14.3 Å². The summed E-state index contributed by atoms with van der Waals surface area (Å²) in [6, 6.07) is 1.98. The van der Waals surface area contributed by atoms with Crippen LogP contribution in [-0.4, -0.2) is 77.1 Å². The summed E-state index contributed by atoms with van der Waals surface area (Å²) in [6.07, 6.45) is 2.26. The fourth-order valence-corrected chi connectivity index (χ4v) is 3.25. The number of carbonyl (C=O) groups excluding carboxylic acids is 2. The molecule has 136 valence electrons. The molecule has 3 heterocycles. The topological polar surface area (TPSA) is 92.1 Å². The molecule has 1 aromatic heterocycles. The largest absolute Gasteiger partial charge is 0.373 e. The predicted octanol–water partition coefficient (Wildman–Crippen LogP) is -0.484. The van der Waals surface area contributed by atoms with Crippen molar-refractivity contribution in [3.05, 3.63) is 18.0 Å². The summed E-state index contributed by atoms with van der Waals surface area (Å²) >= 11 is 0. The third-order valence-electron chi connectivity index (χ3n) is 4.70. The van der Waals surface area contributed by atoms with E-state index in [9.17, 15) is 9.59 Å². The Kier molecular flexibility index (Phi) is 5.14. The molecule has 9 nitrogen and oxygen atoms in total. The maximum atomic E-state index is 12.4. The molecular weight excluding hydrogens is 324 g/mol. The van der Waals surface area contributed by atoms with Crippen molar-refractivity contribution in [2.45, 2.75) is 25.0 Å². The lowest BCUT2D eigenvalue weighted by Crippen LogP contribution is -2.50. The van der Waals surface area contributed by atoms with E-state index in [0.717, 1.165) is 12.2 Å². The van der Waals surface area contributed by atoms with Gasteiger partial charge in [-0.05, 0) is 13.1 Å². The number of hydrogen-bond donors (Lipinski definition) is 1. The van der Waals surface area contributed by atoms with Crippen molar-refractivity contribution in [3.8, 4) is 0 Å². The average Bonchev–Trinajstić information content (AvgIpc) is 3.00. The molecule has 25 heavy (non-hydrogen) atoms. The highest BCUT2D eigenvalue weighted by molar-refractivity contribution is 6.39. The number of nitrogens with one attached hydrogen (secondary N) is 1. The minimum atomic E-state index is -0.250. The molecule has 3 rings (SSSR count). The summed E-state index contributed by atoms with van der Waals surface area (Å²) < 4.78 is 7.74. The second-order valence-corrected chi connectivity index (χ2v) is 6.39. The molecule has 1 aromatic rings. The van der Waals surface area contributed by atoms with Gasteiger partial charge in [0.15, 0.2) is 0 Å². The Morgan fingerprint density at radius 3 is 2.84 bits per heavy atom. The van der Waals surface area contributed by atoms with Crippen molar-refractivity contribution >= 4 is 17.5 Å². The number of carbonyl (C=O) groups is 2. The van der Waals surface area contributed by atoms with Gasteiger partial charge in [-0.3, -0.25) is 19.2 Å². The monoisotopic (exact) mass is 348 g/mol. The van der Waals surface area contributed by atoms with Crippen LogP contribution in [0, 0.1) is 0 Å². The molecule has 1 N–H and O–H groups in total. The highest BCUT2D eigenvalue weighted by Crippen LogP contribution is 2.27. The Morgan fingerprint density at radius 2 is 2.16 bits per heavy atom. The van der Waals surface area contributed by atoms with E-state index in [2.05, 4.69) is 20.4 Å². The molecule has 0 bridgehead atoms. The van der Waals surface area contributed by atoms with Gasteiger partial charge in [0.1, 0.15) is 5.71 Å². The quantitative estimate of drug-likeness (QED) is 0.793. The number of hydrazone groups is 1. The van der Waals surface area contributed by atoms with Crippen molar-refractivity contribution in [1.29, 1.82) is 0 Å². The van der Waals surface area contributed by atoms with Crippen LogP contribution in [0.5, 0.6) is 0 Å². The molecule has 0 saturated carbocycles. The van der Waals surface area contributed by atoms with Crippen LogP contribution in [0.1, 0.15) is 24.6 Å². The molecule has 0 aliphatic carbocycles. The van der Waals surface area contributed by atoms with Gasteiger partial charge in [0.2, 0.25) is 5.91 Å². The van der Waals surface area contributed by atoms with Crippen molar-refractivity contribution in [1.82, 2.24) is 25.0 Å². The summed E-state index contributed by atoms with van der Waals surface area (Å²) in [4.78, 5) is 26.0. The Balaban J connectivity index is 1.66. The smallest absolute Gasteiger partial charge is 0.267 e.